The van der Waals surface area contributed by atoms with E-state index >= 15 is 0 Å². The molecule has 0 aliphatic carbocycles. The summed E-state index contributed by atoms with van der Waals surface area (Å²) in [4.78, 5) is 2.14. The molecular weight excluding hydrogens is 328 g/mol. The minimum absolute atomic E-state index is 0.655. The molecular formula is C20H22N4O2. The SMILES string of the molecule is CN(Cc1nnc2n1CCOCC2)c1ccccc1Oc1ccccc1. The second-order valence-electron chi connectivity index (χ2n) is 6.29. The van der Waals surface area contributed by atoms with Gasteiger partial charge in [-0.2, -0.15) is 0 Å². The highest BCUT2D eigenvalue weighted by Crippen LogP contribution is 2.32. The summed E-state index contributed by atoms with van der Waals surface area (Å²) in [6, 6.07) is 17.9. The van der Waals surface area contributed by atoms with Gasteiger partial charge in [0.15, 0.2) is 11.6 Å². The average Bonchev–Trinajstić information content (AvgIpc) is 2.89. The number of nitrogens with zero attached hydrogens (tertiary/aromatic N) is 4. The van der Waals surface area contributed by atoms with Gasteiger partial charge in [0, 0.05) is 20.0 Å². The van der Waals surface area contributed by atoms with Gasteiger partial charge in [-0.05, 0) is 24.3 Å². The lowest BCUT2D eigenvalue weighted by molar-refractivity contribution is 0.139. The molecule has 0 amide bonds. The van der Waals surface area contributed by atoms with Gasteiger partial charge in [-0.3, -0.25) is 0 Å². The molecule has 0 saturated heterocycles. The van der Waals surface area contributed by atoms with Gasteiger partial charge in [0.25, 0.3) is 0 Å². The van der Waals surface area contributed by atoms with Crippen molar-refractivity contribution in [2.45, 2.75) is 19.5 Å². The van der Waals surface area contributed by atoms with Crippen LogP contribution in [0, 0.1) is 0 Å². The van der Waals surface area contributed by atoms with Crippen LogP contribution in [-0.2, 0) is 24.2 Å². The van der Waals surface area contributed by atoms with Crippen molar-refractivity contribution in [1.29, 1.82) is 0 Å². The van der Waals surface area contributed by atoms with E-state index in [0.29, 0.717) is 19.8 Å². The summed E-state index contributed by atoms with van der Waals surface area (Å²) in [6.45, 7) is 2.87. The number of hydrogen-bond donors (Lipinski definition) is 0. The number of ether oxygens (including phenoxy) is 2. The standard InChI is InChI=1S/C20H22N4O2/c1-23(15-20-22-21-19-11-13-25-14-12-24(19)20)17-9-5-6-10-18(17)26-16-7-3-2-4-8-16/h2-10H,11-15H2,1H3. The zero-order chi connectivity index (χ0) is 17.8. The Morgan fingerprint density at radius 3 is 2.73 bits per heavy atom. The van der Waals surface area contributed by atoms with Crippen LogP contribution < -0.4 is 9.64 Å². The van der Waals surface area contributed by atoms with Gasteiger partial charge >= 0.3 is 0 Å². The van der Waals surface area contributed by atoms with E-state index in [1.165, 1.54) is 0 Å². The molecule has 2 heterocycles. The van der Waals surface area contributed by atoms with Gasteiger partial charge < -0.3 is 18.9 Å². The van der Waals surface area contributed by atoms with Crippen molar-refractivity contribution in [2.75, 3.05) is 25.2 Å². The molecule has 6 nitrogen and oxygen atoms in total. The molecule has 0 atom stereocenters. The molecule has 1 aromatic heterocycles. The Balaban J connectivity index is 1.56. The number of hydrogen-bond acceptors (Lipinski definition) is 5. The van der Waals surface area contributed by atoms with Crippen molar-refractivity contribution < 1.29 is 9.47 Å². The van der Waals surface area contributed by atoms with E-state index in [9.17, 15) is 0 Å². The number of fused-ring (bicyclic) bond motifs is 1. The third kappa shape index (κ3) is 3.55. The Morgan fingerprint density at radius 2 is 1.85 bits per heavy atom. The monoisotopic (exact) mass is 350 g/mol. The zero-order valence-corrected chi connectivity index (χ0v) is 14.8. The molecule has 6 heteroatoms. The van der Waals surface area contributed by atoms with Crippen molar-refractivity contribution in [1.82, 2.24) is 14.8 Å². The van der Waals surface area contributed by atoms with Gasteiger partial charge in [-0.1, -0.05) is 30.3 Å². The topological polar surface area (TPSA) is 52.4 Å². The highest BCUT2D eigenvalue weighted by atomic mass is 16.5. The maximum absolute atomic E-state index is 6.08. The van der Waals surface area contributed by atoms with Crippen molar-refractivity contribution in [2.24, 2.45) is 0 Å². The molecule has 0 N–H and O–H groups in total. The third-order valence-electron chi connectivity index (χ3n) is 4.46. The molecule has 0 radical (unpaired) electrons. The molecule has 26 heavy (non-hydrogen) atoms. The van der Waals surface area contributed by atoms with E-state index in [0.717, 1.165) is 41.8 Å². The molecule has 0 fully saturated rings. The fourth-order valence-electron chi connectivity index (χ4n) is 3.13. The van der Waals surface area contributed by atoms with Crippen LogP contribution in [0.4, 0.5) is 5.69 Å². The predicted molar refractivity (Wildman–Crippen MR) is 99.6 cm³/mol. The third-order valence-corrected chi connectivity index (χ3v) is 4.46. The number of benzene rings is 2. The number of rotatable bonds is 5. The smallest absolute Gasteiger partial charge is 0.152 e. The van der Waals surface area contributed by atoms with Crippen LogP contribution in [0.15, 0.2) is 54.6 Å². The first-order chi connectivity index (χ1) is 12.8. The molecule has 1 aliphatic heterocycles. The molecule has 0 saturated carbocycles. The van der Waals surface area contributed by atoms with E-state index in [1.54, 1.807) is 0 Å². The first-order valence-electron chi connectivity index (χ1n) is 8.83. The number of anilines is 1. The Morgan fingerprint density at radius 1 is 1.04 bits per heavy atom. The van der Waals surface area contributed by atoms with Crippen LogP contribution in [-0.4, -0.2) is 35.0 Å². The van der Waals surface area contributed by atoms with Crippen molar-refractivity contribution >= 4 is 5.69 Å². The minimum Gasteiger partial charge on any atom is -0.455 e. The molecule has 1 aliphatic rings. The Labute approximate surface area is 153 Å². The molecule has 2 aromatic carbocycles. The summed E-state index contributed by atoms with van der Waals surface area (Å²) < 4.78 is 13.8. The largest absolute Gasteiger partial charge is 0.455 e. The van der Waals surface area contributed by atoms with Crippen molar-refractivity contribution in [3.8, 4) is 11.5 Å². The van der Waals surface area contributed by atoms with Crippen LogP contribution in [0.2, 0.25) is 0 Å². The number of aromatic nitrogens is 3. The van der Waals surface area contributed by atoms with Gasteiger partial charge in [-0.15, -0.1) is 10.2 Å². The molecule has 3 aromatic rings. The Hall–Kier alpha value is -2.86. The van der Waals surface area contributed by atoms with Gasteiger partial charge in [0.05, 0.1) is 25.4 Å². The summed E-state index contributed by atoms with van der Waals surface area (Å²) in [6.07, 6.45) is 0.810. The van der Waals surface area contributed by atoms with Gasteiger partial charge in [0.1, 0.15) is 11.6 Å². The summed E-state index contributed by atoms with van der Waals surface area (Å²) in [5.41, 5.74) is 1.01. The first-order valence-corrected chi connectivity index (χ1v) is 8.83. The van der Waals surface area contributed by atoms with Gasteiger partial charge in [0.2, 0.25) is 0 Å². The molecule has 0 bridgehead atoms. The van der Waals surface area contributed by atoms with E-state index in [2.05, 4.69) is 25.7 Å². The van der Waals surface area contributed by atoms with Crippen LogP contribution in [0.3, 0.4) is 0 Å². The van der Waals surface area contributed by atoms with E-state index in [1.807, 2.05) is 55.6 Å². The average molecular weight is 350 g/mol. The van der Waals surface area contributed by atoms with Gasteiger partial charge in [-0.25, -0.2) is 0 Å². The summed E-state index contributed by atoms with van der Waals surface area (Å²) >= 11 is 0. The Kier molecular flexibility index (Phi) is 4.84. The minimum atomic E-state index is 0.655. The maximum Gasteiger partial charge on any atom is 0.152 e. The van der Waals surface area contributed by atoms with E-state index < -0.39 is 0 Å². The van der Waals surface area contributed by atoms with Crippen LogP contribution in [0.1, 0.15) is 11.6 Å². The van der Waals surface area contributed by atoms with Crippen LogP contribution in [0.25, 0.3) is 0 Å². The van der Waals surface area contributed by atoms with Crippen molar-refractivity contribution in [3.63, 3.8) is 0 Å². The lowest BCUT2D eigenvalue weighted by Gasteiger charge is -2.22. The van der Waals surface area contributed by atoms with Crippen LogP contribution >= 0.6 is 0 Å². The molecule has 0 spiro atoms. The lowest BCUT2D eigenvalue weighted by atomic mass is 10.2. The summed E-state index contributed by atoms with van der Waals surface area (Å²) in [7, 11) is 2.04. The predicted octanol–water partition coefficient (Wildman–Crippen LogP) is 3.28. The van der Waals surface area contributed by atoms with E-state index in [-0.39, 0.29) is 0 Å². The normalized spacial score (nSPS) is 13.7. The Bertz CT molecular complexity index is 863. The summed E-state index contributed by atoms with van der Waals surface area (Å²) in [5, 5.41) is 8.72. The van der Waals surface area contributed by atoms with Crippen molar-refractivity contribution in [3.05, 3.63) is 66.2 Å². The molecule has 0 unspecified atom stereocenters. The lowest BCUT2D eigenvalue weighted by Crippen LogP contribution is -2.21. The van der Waals surface area contributed by atoms with E-state index in [4.69, 9.17) is 9.47 Å². The molecule has 4 rings (SSSR count). The fourth-order valence-corrected chi connectivity index (χ4v) is 3.13. The highest BCUT2D eigenvalue weighted by Gasteiger charge is 2.17. The molecule has 134 valence electrons. The quantitative estimate of drug-likeness (QED) is 0.707. The first kappa shape index (κ1) is 16.6. The second-order valence-corrected chi connectivity index (χ2v) is 6.29. The zero-order valence-electron chi connectivity index (χ0n) is 14.8. The fraction of sp³-hybridized carbons (Fsp3) is 0.300. The highest BCUT2D eigenvalue weighted by molar-refractivity contribution is 5.59. The maximum atomic E-state index is 6.08. The number of para-hydroxylation sites is 3. The second kappa shape index (κ2) is 7.58. The van der Waals surface area contributed by atoms with Crippen LogP contribution in [0.5, 0.6) is 11.5 Å². The summed E-state index contributed by atoms with van der Waals surface area (Å²) in [5.74, 6) is 3.59.